The predicted octanol–water partition coefficient (Wildman–Crippen LogP) is 1.87. The lowest BCUT2D eigenvalue weighted by Crippen LogP contribution is -2.42. The van der Waals surface area contributed by atoms with Gasteiger partial charge in [0.1, 0.15) is 19.3 Å². The van der Waals surface area contributed by atoms with E-state index in [9.17, 15) is 24.3 Å². The third-order valence-electron chi connectivity index (χ3n) is 5.45. The Morgan fingerprint density at radius 2 is 1.38 bits per heavy atom. The van der Waals surface area contributed by atoms with Crippen LogP contribution in [0.15, 0.2) is 82.5 Å². The number of nitrogens with one attached hydrogen (secondary N) is 1. The molecule has 1 fully saturated rings. The van der Waals surface area contributed by atoms with E-state index in [1.54, 1.807) is 60.7 Å². The van der Waals surface area contributed by atoms with Gasteiger partial charge in [0, 0.05) is 12.3 Å². The highest BCUT2D eigenvalue weighted by Crippen LogP contribution is 2.33. The molecule has 0 radical (unpaired) electrons. The maximum absolute atomic E-state index is 12.5. The lowest BCUT2D eigenvalue weighted by molar-refractivity contribution is -0.0685. The topological polar surface area (TPSA) is 155 Å². The highest BCUT2D eigenvalue weighted by Gasteiger charge is 2.51. The Labute approximate surface area is 209 Å². The quantitative estimate of drug-likeness (QED) is 0.427. The van der Waals surface area contributed by atoms with Gasteiger partial charge in [-0.25, -0.2) is 14.4 Å². The largest absolute Gasteiger partial charge is 0.509 e. The maximum Gasteiger partial charge on any atom is 0.509 e. The van der Waals surface area contributed by atoms with Crippen LogP contribution in [0.25, 0.3) is 0 Å². The van der Waals surface area contributed by atoms with Gasteiger partial charge in [-0.1, -0.05) is 60.7 Å². The molecule has 1 aliphatic rings. The highest BCUT2D eigenvalue weighted by atomic mass is 16.8. The van der Waals surface area contributed by atoms with Gasteiger partial charge in [0.15, 0.2) is 18.4 Å². The summed E-state index contributed by atoms with van der Waals surface area (Å²) < 4.78 is 27.7. The second kappa shape index (κ2) is 12.0. The fourth-order valence-corrected chi connectivity index (χ4v) is 3.70. The lowest BCUT2D eigenvalue weighted by atomic mass is 10.1. The number of aromatic nitrogens is 2. The van der Waals surface area contributed by atoms with Crippen LogP contribution in [0, 0.1) is 0 Å². The summed E-state index contributed by atoms with van der Waals surface area (Å²) in [5.41, 5.74) is -0.125. The first-order valence-electron chi connectivity index (χ1n) is 11.3. The van der Waals surface area contributed by atoms with E-state index in [0.29, 0.717) is 11.1 Å². The number of aliphatic hydroxyl groups excluding tert-OH is 1. The SMILES string of the molecule is O=C(OCc1ccccc1)O[C@@H]1[C@H](OC(=O)OCc2ccccc2)[C@@H](CO)O[C@H]1n1ccc(=O)[nH]c1=O. The van der Waals surface area contributed by atoms with Crippen LogP contribution in [0.2, 0.25) is 0 Å². The van der Waals surface area contributed by atoms with Crippen molar-refractivity contribution >= 4 is 12.3 Å². The number of hydrogen-bond acceptors (Lipinski definition) is 10. The average molecular weight is 512 g/mol. The number of benzene rings is 2. The first-order chi connectivity index (χ1) is 17.9. The summed E-state index contributed by atoms with van der Waals surface area (Å²) in [4.78, 5) is 51.0. The number of carbonyl (C=O) groups is 2. The highest BCUT2D eigenvalue weighted by molar-refractivity contribution is 5.62. The van der Waals surface area contributed by atoms with Gasteiger partial charge in [-0.2, -0.15) is 0 Å². The van der Waals surface area contributed by atoms with E-state index in [0.717, 1.165) is 16.8 Å². The Bertz CT molecular complexity index is 1310. The molecule has 4 rings (SSSR count). The van der Waals surface area contributed by atoms with Crippen molar-refractivity contribution in [2.75, 3.05) is 6.61 Å². The molecule has 194 valence electrons. The van der Waals surface area contributed by atoms with Crippen LogP contribution in [0.1, 0.15) is 17.4 Å². The first kappa shape index (κ1) is 25.7. The number of rotatable bonds is 8. The Balaban J connectivity index is 1.52. The molecule has 2 N–H and O–H groups in total. The van der Waals surface area contributed by atoms with Crippen LogP contribution < -0.4 is 11.2 Å². The molecule has 1 saturated heterocycles. The van der Waals surface area contributed by atoms with Crippen molar-refractivity contribution in [3.63, 3.8) is 0 Å². The molecular formula is C25H24N2O10. The molecule has 0 spiro atoms. The molecule has 37 heavy (non-hydrogen) atoms. The summed E-state index contributed by atoms with van der Waals surface area (Å²) >= 11 is 0. The van der Waals surface area contributed by atoms with Crippen molar-refractivity contribution in [2.45, 2.75) is 37.8 Å². The summed E-state index contributed by atoms with van der Waals surface area (Å²) in [7, 11) is 0. The summed E-state index contributed by atoms with van der Waals surface area (Å²) in [6.45, 7) is -0.848. The molecule has 3 aromatic rings. The van der Waals surface area contributed by atoms with Gasteiger partial charge >= 0.3 is 18.0 Å². The number of hydrogen-bond donors (Lipinski definition) is 2. The summed E-state index contributed by atoms with van der Waals surface area (Å²) in [6, 6.07) is 18.7. The Kier molecular flexibility index (Phi) is 8.33. The van der Waals surface area contributed by atoms with E-state index >= 15 is 0 Å². The number of carbonyl (C=O) groups excluding carboxylic acids is 2. The number of nitrogens with zero attached hydrogens (tertiary/aromatic N) is 1. The molecule has 1 aromatic heterocycles. The zero-order chi connectivity index (χ0) is 26.2. The lowest BCUT2D eigenvalue weighted by Gasteiger charge is -2.24. The maximum atomic E-state index is 12.5. The molecule has 4 atom stereocenters. The first-order valence-corrected chi connectivity index (χ1v) is 11.3. The van der Waals surface area contributed by atoms with Gasteiger partial charge in [0.05, 0.1) is 6.61 Å². The van der Waals surface area contributed by atoms with Gasteiger partial charge in [-0.3, -0.25) is 14.3 Å². The molecule has 1 aliphatic heterocycles. The van der Waals surface area contributed by atoms with E-state index in [-0.39, 0.29) is 13.2 Å². The summed E-state index contributed by atoms with van der Waals surface area (Å²) in [6.07, 6.45) is -6.49. The number of ether oxygens (including phenoxy) is 5. The fraction of sp³-hybridized carbons (Fsp3) is 0.280. The Hall–Kier alpha value is -4.42. The standard InChI is InChI=1S/C25H24N2O10/c28-13-18-20(36-24(31)33-14-16-7-3-1-4-8-16)21(22(35-18)27-12-11-19(29)26-23(27)30)37-25(32)34-15-17-9-5-2-6-10-17/h1-12,18,20-22,28H,13-15H2,(H,26,29,30)/t18-,20-,21-,22-/m1/s1. The number of aromatic amines is 1. The second-order valence-corrected chi connectivity index (χ2v) is 7.98. The van der Waals surface area contributed by atoms with Crippen LogP contribution in [0.3, 0.4) is 0 Å². The monoisotopic (exact) mass is 512 g/mol. The van der Waals surface area contributed by atoms with Gasteiger partial charge in [0.2, 0.25) is 0 Å². The van der Waals surface area contributed by atoms with Gasteiger partial charge in [-0.15, -0.1) is 0 Å². The molecule has 0 bridgehead atoms. The minimum absolute atomic E-state index is 0.0928. The molecule has 0 aliphatic carbocycles. The van der Waals surface area contributed by atoms with Crippen LogP contribution in [0.5, 0.6) is 0 Å². The molecule has 0 amide bonds. The minimum Gasteiger partial charge on any atom is -0.429 e. The number of aliphatic hydroxyl groups is 1. The van der Waals surface area contributed by atoms with Crippen molar-refractivity contribution in [2.24, 2.45) is 0 Å². The normalized spacial score (nSPS) is 20.7. The van der Waals surface area contributed by atoms with E-state index < -0.39 is 54.7 Å². The van der Waals surface area contributed by atoms with Crippen molar-refractivity contribution in [3.8, 4) is 0 Å². The zero-order valence-corrected chi connectivity index (χ0v) is 19.4. The predicted molar refractivity (Wildman–Crippen MR) is 125 cm³/mol. The van der Waals surface area contributed by atoms with Gasteiger partial charge in [0.25, 0.3) is 5.56 Å². The van der Waals surface area contributed by atoms with Crippen LogP contribution >= 0.6 is 0 Å². The van der Waals surface area contributed by atoms with Crippen molar-refractivity contribution in [1.82, 2.24) is 9.55 Å². The minimum atomic E-state index is -1.44. The van der Waals surface area contributed by atoms with Crippen LogP contribution in [-0.2, 0) is 36.9 Å². The van der Waals surface area contributed by atoms with Gasteiger partial charge < -0.3 is 28.8 Å². The average Bonchev–Trinajstić information content (AvgIpc) is 3.23. The zero-order valence-electron chi connectivity index (χ0n) is 19.4. The molecule has 0 saturated carbocycles. The summed E-state index contributed by atoms with van der Waals surface area (Å²) in [5, 5.41) is 9.87. The molecule has 0 unspecified atom stereocenters. The smallest absolute Gasteiger partial charge is 0.429 e. The van der Waals surface area contributed by atoms with E-state index in [2.05, 4.69) is 4.98 Å². The number of H-pyrrole nitrogens is 1. The van der Waals surface area contributed by atoms with Crippen LogP contribution in [0.4, 0.5) is 9.59 Å². The van der Waals surface area contributed by atoms with Crippen molar-refractivity contribution in [3.05, 3.63) is 105 Å². The van der Waals surface area contributed by atoms with Crippen molar-refractivity contribution < 1.29 is 38.4 Å². The third kappa shape index (κ3) is 6.63. The molecule has 2 heterocycles. The second-order valence-electron chi connectivity index (χ2n) is 7.98. The molecular weight excluding hydrogens is 488 g/mol. The molecule has 12 nitrogen and oxygen atoms in total. The fourth-order valence-electron chi connectivity index (χ4n) is 3.70. The Morgan fingerprint density at radius 3 is 1.89 bits per heavy atom. The third-order valence-corrected chi connectivity index (χ3v) is 5.45. The molecule has 2 aromatic carbocycles. The van der Waals surface area contributed by atoms with E-state index in [1.165, 1.54) is 0 Å². The molecule has 12 heteroatoms. The van der Waals surface area contributed by atoms with Gasteiger partial charge in [-0.05, 0) is 11.1 Å². The summed E-state index contributed by atoms with van der Waals surface area (Å²) in [5.74, 6) is 0. The van der Waals surface area contributed by atoms with E-state index in [1.807, 2.05) is 0 Å². The van der Waals surface area contributed by atoms with Crippen molar-refractivity contribution in [1.29, 1.82) is 0 Å². The Morgan fingerprint density at radius 1 is 0.838 bits per heavy atom. The van der Waals surface area contributed by atoms with E-state index in [4.69, 9.17) is 23.7 Å². The van der Waals surface area contributed by atoms with Crippen LogP contribution in [-0.4, -0.2) is 51.9 Å².